The summed E-state index contributed by atoms with van der Waals surface area (Å²) in [6.45, 7) is 1.90. The van der Waals surface area contributed by atoms with Gasteiger partial charge in [0.05, 0.1) is 23.5 Å². The van der Waals surface area contributed by atoms with Crippen LogP contribution in [0, 0.1) is 0 Å². The van der Waals surface area contributed by atoms with Gasteiger partial charge in [-0.3, -0.25) is 15.0 Å². The molecule has 0 aliphatic heterocycles. The molecule has 1 aromatic carbocycles. The van der Waals surface area contributed by atoms with Crippen molar-refractivity contribution in [1.82, 2.24) is 20.1 Å². The Morgan fingerprint density at radius 1 is 1.27 bits per heavy atom. The lowest BCUT2D eigenvalue weighted by molar-refractivity contribution is 0.00956. The first-order valence-corrected chi connectivity index (χ1v) is 9.53. The maximum Gasteiger partial charge on any atom is 0.240 e. The molecule has 0 bridgehead atoms. The molecule has 9 heteroatoms. The Labute approximate surface area is 173 Å². The van der Waals surface area contributed by atoms with E-state index in [1.807, 2.05) is 18.2 Å². The number of alkyl halides is 2. The van der Waals surface area contributed by atoms with Crippen LogP contribution in [0.15, 0.2) is 42.6 Å². The molecule has 162 valence electrons. The molecular formula is C21H26F2N4O3. The number of aliphatic hydroxyl groups is 1. The van der Waals surface area contributed by atoms with Crippen LogP contribution in [0.25, 0.3) is 10.9 Å². The molecule has 7 nitrogen and oxygen atoms in total. The fourth-order valence-corrected chi connectivity index (χ4v) is 3.47. The van der Waals surface area contributed by atoms with Crippen LogP contribution in [0.4, 0.5) is 8.78 Å². The zero-order chi connectivity index (χ0) is 21.7. The molecule has 0 radical (unpaired) electrons. The minimum absolute atomic E-state index is 0.0165. The van der Waals surface area contributed by atoms with Gasteiger partial charge in [0.25, 0.3) is 0 Å². The van der Waals surface area contributed by atoms with Gasteiger partial charge in [-0.1, -0.05) is 6.07 Å². The lowest BCUT2D eigenvalue weighted by Crippen LogP contribution is -2.49. The number of hydrogen-bond acceptors (Lipinski definition) is 6. The molecule has 2 heterocycles. The smallest absolute Gasteiger partial charge is 0.240 e. The summed E-state index contributed by atoms with van der Waals surface area (Å²) in [6.07, 6.45) is -2.55. The van der Waals surface area contributed by atoms with E-state index in [2.05, 4.69) is 15.4 Å². The van der Waals surface area contributed by atoms with Crippen molar-refractivity contribution in [3.63, 3.8) is 0 Å². The van der Waals surface area contributed by atoms with Crippen molar-refractivity contribution in [2.24, 2.45) is 7.05 Å². The van der Waals surface area contributed by atoms with Crippen molar-refractivity contribution in [3.05, 3.63) is 54.0 Å². The summed E-state index contributed by atoms with van der Waals surface area (Å²) in [7, 11) is 3.12. The van der Waals surface area contributed by atoms with Crippen LogP contribution in [0.1, 0.15) is 31.0 Å². The van der Waals surface area contributed by atoms with Crippen LogP contribution < -0.4 is 10.1 Å². The number of nitrogens with zero attached hydrogens (tertiary/aromatic N) is 3. The van der Waals surface area contributed by atoms with Crippen molar-refractivity contribution < 1.29 is 23.4 Å². The number of ether oxygens (including phenoxy) is 2. The Bertz CT molecular complexity index is 968. The number of aliphatic hydroxyl groups excluding tert-OH is 1. The number of benzene rings is 1. The molecule has 30 heavy (non-hydrogen) atoms. The van der Waals surface area contributed by atoms with Gasteiger partial charge >= 0.3 is 0 Å². The summed E-state index contributed by atoms with van der Waals surface area (Å²) in [5.41, 5.74) is 0.769. The molecule has 0 aliphatic carbocycles. The number of hydrogen-bond donors (Lipinski definition) is 2. The SMILES string of the molecule is COCC(C)(CC(F)F)NC(O)c1c2cc(OCc3ccccn3)ccc2nn1C. The van der Waals surface area contributed by atoms with Crippen LogP contribution in [-0.4, -0.2) is 45.6 Å². The first-order valence-electron chi connectivity index (χ1n) is 9.53. The molecule has 0 saturated heterocycles. The van der Waals surface area contributed by atoms with E-state index in [1.54, 1.807) is 38.4 Å². The van der Waals surface area contributed by atoms with E-state index in [9.17, 15) is 13.9 Å². The van der Waals surface area contributed by atoms with Crippen LogP contribution in [-0.2, 0) is 18.4 Å². The summed E-state index contributed by atoms with van der Waals surface area (Å²) in [5.74, 6) is 0.585. The van der Waals surface area contributed by atoms with Gasteiger partial charge in [0.15, 0.2) is 0 Å². The van der Waals surface area contributed by atoms with Gasteiger partial charge < -0.3 is 14.6 Å². The van der Waals surface area contributed by atoms with E-state index < -0.39 is 24.6 Å². The summed E-state index contributed by atoms with van der Waals surface area (Å²) in [4.78, 5) is 4.22. The summed E-state index contributed by atoms with van der Waals surface area (Å²) < 4.78 is 38.5. The molecule has 0 spiro atoms. The highest BCUT2D eigenvalue weighted by Crippen LogP contribution is 2.29. The number of fused-ring (bicyclic) bond motifs is 1. The Hall–Kier alpha value is -2.62. The first-order chi connectivity index (χ1) is 14.3. The Kier molecular flexibility index (Phi) is 6.96. The number of nitrogens with one attached hydrogen (secondary N) is 1. The summed E-state index contributed by atoms with van der Waals surface area (Å²) in [5, 5.41) is 18.8. The van der Waals surface area contributed by atoms with E-state index in [0.29, 0.717) is 29.0 Å². The second kappa shape index (κ2) is 9.46. The topological polar surface area (TPSA) is 81.4 Å². The van der Waals surface area contributed by atoms with E-state index in [1.165, 1.54) is 11.8 Å². The van der Waals surface area contributed by atoms with Gasteiger partial charge in [-0.05, 0) is 37.3 Å². The van der Waals surface area contributed by atoms with Crippen molar-refractivity contribution >= 4 is 10.9 Å². The Morgan fingerprint density at radius 3 is 2.73 bits per heavy atom. The second-order valence-corrected chi connectivity index (χ2v) is 7.43. The average molecular weight is 420 g/mol. The second-order valence-electron chi connectivity index (χ2n) is 7.43. The van der Waals surface area contributed by atoms with Gasteiger partial charge in [-0.25, -0.2) is 8.78 Å². The fraction of sp³-hybridized carbons (Fsp3) is 0.429. The number of halogens is 2. The van der Waals surface area contributed by atoms with E-state index in [4.69, 9.17) is 9.47 Å². The number of pyridine rings is 1. The zero-order valence-corrected chi connectivity index (χ0v) is 17.2. The van der Waals surface area contributed by atoms with Crippen LogP contribution >= 0.6 is 0 Å². The molecule has 2 aromatic heterocycles. The predicted molar refractivity (Wildman–Crippen MR) is 108 cm³/mol. The van der Waals surface area contributed by atoms with E-state index in [0.717, 1.165) is 5.69 Å². The third-order valence-electron chi connectivity index (χ3n) is 4.78. The minimum Gasteiger partial charge on any atom is -0.487 e. The van der Waals surface area contributed by atoms with Crippen molar-refractivity contribution in [3.8, 4) is 5.75 Å². The highest BCUT2D eigenvalue weighted by molar-refractivity contribution is 5.83. The molecule has 0 fully saturated rings. The van der Waals surface area contributed by atoms with E-state index in [-0.39, 0.29) is 6.61 Å². The first kappa shape index (κ1) is 22.1. The highest BCUT2D eigenvalue weighted by Gasteiger charge is 2.32. The quantitative estimate of drug-likeness (QED) is 0.491. The zero-order valence-electron chi connectivity index (χ0n) is 17.2. The molecule has 0 saturated carbocycles. The molecule has 2 atom stereocenters. The Balaban J connectivity index is 1.84. The molecule has 0 amide bonds. The third-order valence-corrected chi connectivity index (χ3v) is 4.78. The number of methoxy groups -OCH3 is 1. The van der Waals surface area contributed by atoms with Crippen molar-refractivity contribution in [2.75, 3.05) is 13.7 Å². The minimum atomic E-state index is -2.54. The maximum atomic E-state index is 13.0. The third kappa shape index (κ3) is 5.29. The van der Waals surface area contributed by atoms with Crippen molar-refractivity contribution in [2.45, 2.75) is 38.1 Å². The molecule has 0 aliphatic rings. The van der Waals surface area contributed by atoms with E-state index >= 15 is 0 Å². The predicted octanol–water partition coefficient (Wildman–Crippen LogP) is 3.19. The number of aromatic nitrogens is 3. The Morgan fingerprint density at radius 2 is 2.07 bits per heavy atom. The van der Waals surface area contributed by atoms with Gasteiger partial charge in [0.1, 0.15) is 18.6 Å². The molecular weight excluding hydrogens is 394 g/mol. The standard InChI is InChI=1S/C21H26F2N4O3/c1-21(13-29-3,11-18(22)23)25-20(28)19-16-10-15(7-8-17(16)26-27(19)2)30-12-14-6-4-5-9-24-14/h4-10,18,20,25,28H,11-13H2,1-3H3. The molecule has 2 N–H and O–H groups in total. The highest BCUT2D eigenvalue weighted by atomic mass is 19.3. The molecule has 2 unspecified atom stereocenters. The van der Waals surface area contributed by atoms with Crippen molar-refractivity contribution in [1.29, 1.82) is 0 Å². The number of rotatable bonds is 10. The van der Waals surface area contributed by atoms with Crippen LogP contribution in [0.2, 0.25) is 0 Å². The van der Waals surface area contributed by atoms with Gasteiger partial charge in [-0.2, -0.15) is 5.10 Å². The summed E-state index contributed by atoms with van der Waals surface area (Å²) in [6, 6.07) is 10.9. The average Bonchev–Trinajstić information content (AvgIpc) is 3.01. The van der Waals surface area contributed by atoms with Crippen LogP contribution in [0.5, 0.6) is 5.75 Å². The lowest BCUT2D eigenvalue weighted by atomic mass is 9.98. The largest absolute Gasteiger partial charge is 0.487 e. The normalized spacial score (nSPS) is 14.8. The van der Waals surface area contributed by atoms with Gasteiger partial charge in [-0.15, -0.1) is 0 Å². The monoisotopic (exact) mass is 420 g/mol. The lowest BCUT2D eigenvalue weighted by Gasteiger charge is -2.32. The fourth-order valence-electron chi connectivity index (χ4n) is 3.47. The maximum absolute atomic E-state index is 13.0. The molecule has 3 rings (SSSR count). The molecule has 3 aromatic rings. The van der Waals surface area contributed by atoms with Crippen LogP contribution in [0.3, 0.4) is 0 Å². The number of aryl methyl sites for hydroxylation is 1. The van der Waals surface area contributed by atoms with Gasteiger partial charge in [0.2, 0.25) is 6.43 Å². The summed E-state index contributed by atoms with van der Waals surface area (Å²) >= 11 is 0. The van der Waals surface area contributed by atoms with Gasteiger partial charge in [0, 0.05) is 37.7 Å².